The maximum Gasteiger partial charge on any atom is 0.309 e. The van der Waals surface area contributed by atoms with Crippen molar-refractivity contribution < 1.29 is 9.90 Å². The van der Waals surface area contributed by atoms with Crippen LogP contribution in [0.2, 0.25) is 0 Å². The molecule has 0 bridgehead atoms. The minimum atomic E-state index is -0.562. The number of carboxylic acid groups (broad SMARTS) is 1. The van der Waals surface area contributed by atoms with Gasteiger partial charge in [0.05, 0.1) is 5.41 Å². The largest absolute Gasteiger partial charge is 0.481 e. The summed E-state index contributed by atoms with van der Waals surface area (Å²) in [6, 6.07) is 0. The van der Waals surface area contributed by atoms with Crippen LogP contribution < -0.4 is 0 Å². The van der Waals surface area contributed by atoms with Gasteiger partial charge in [-0.1, -0.05) is 143 Å². The Morgan fingerprint density at radius 1 is 0.633 bits per heavy atom. The minimum absolute atomic E-state index is 0.526. The van der Waals surface area contributed by atoms with Crippen LogP contribution in [0.3, 0.4) is 0 Å². The van der Waals surface area contributed by atoms with E-state index in [9.17, 15) is 9.90 Å². The fourth-order valence-electron chi connectivity index (χ4n) is 4.83. The van der Waals surface area contributed by atoms with Crippen LogP contribution in [0.1, 0.15) is 163 Å². The topological polar surface area (TPSA) is 37.3 Å². The van der Waals surface area contributed by atoms with Gasteiger partial charge in [-0.2, -0.15) is 0 Å². The zero-order valence-electron chi connectivity index (χ0n) is 21.3. The molecule has 2 nitrogen and oxygen atoms in total. The Morgan fingerprint density at radius 3 is 1.40 bits per heavy atom. The van der Waals surface area contributed by atoms with E-state index < -0.39 is 11.4 Å². The molecule has 0 aliphatic rings. The smallest absolute Gasteiger partial charge is 0.309 e. The van der Waals surface area contributed by atoms with Crippen LogP contribution in [0, 0.1) is 11.3 Å². The molecular weight excluding hydrogens is 368 g/mol. The molecule has 0 aromatic heterocycles. The Balaban J connectivity index is 4.54. The molecule has 1 N–H and O–H groups in total. The predicted molar refractivity (Wildman–Crippen MR) is 133 cm³/mol. The van der Waals surface area contributed by atoms with Crippen LogP contribution in [-0.2, 0) is 4.79 Å². The number of carboxylic acids is 1. The molecule has 0 fully saturated rings. The van der Waals surface area contributed by atoms with E-state index in [1.165, 1.54) is 116 Å². The molecule has 0 radical (unpaired) electrons. The first-order valence-corrected chi connectivity index (χ1v) is 13.7. The van der Waals surface area contributed by atoms with E-state index in [2.05, 4.69) is 20.8 Å². The van der Waals surface area contributed by atoms with E-state index in [1.54, 1.807) is 0 Å². The van der Waals surface area contributed by atoms with Crippen LogP contribution in [0.5, 0.6) is 0 Å². The number of unbranched alkanes of at least 4 members (excludes halogenated alkanes) is 14. The van der Waals surface area contributed by atoms with Crippen molar-refractivity contribution >= 4 is 5.97 Å². The molecule has 0 saturated heterocycles. The Labute approximate surface area is 190 Å². The molecule has 2 heteroatoms. The maximum absolute atomic E-state index is 12.2. The van der Waals surface area contributed by atoms with Crippen LogP contribution in [0.25, 0.3) is 0 Å². The van der Waals surface area contributed by atoms with Crippen molar-refractivity contribution in [2.24, 2.45) is 11.3 Å². The number of carbonyl (C=O) groups is 1. The van der Waals surface area contributed by atoms with E-state index in [4.69, 9.17) is 0 Å². The van der Waals surface area contributed by atoms with Crippen molar-refractivity contribution in [3.63, 3.8) is 0 Å². The van der Waals surface area contributed by atoms with Gasteiger partial charge in [0.15, 0.2) is 0 Å². The first-order valence-electron chi connectivity index (χ1n) is 13.7. The molecular formula is C28H56O2. The monoisotopic (exact) mass is 424 g/mol. The second-order valence-electron chi connectivity index (χ2n) is 10.2. The standard InChI is InChI=1S/C28H56O2/c1-5-8-11-14-15-17-20-23-26(22-19-16-12-9-6-2)25-28(4,27(29)30)24-21-18-13-10-7-3/h26H,5-25H2,1-4H3,(H,29,30). The van der Waals surface area contributed by atoms with E-state index in [0.29, 0.717) is 5.92 Å². The Morgan fingerprint density at radius 2 is 1.00 bits per heavy atom. The average molecular weight is 425 g/mol. The van der Waals surface area contributed by atoms with Crippen molar-refractivity contribution in [2.45, 2.75) is 163 Å². The van der Waals surface area contributed by atoms with Crippen LogP contribution in [0.15, 0.2) is 0 Å². The van der Waals surface area contributed by atoms with E-state index >= 15 is 0 Å². The average Bonchev–Trinajstić information content (AvgIpc) is 2.72. The number of hydrogen-bond donors (Lipinski definition) is 1. The lowest BCUT2D eigenvalue weighted by molar-refractivity contribution is -0.149. The van der Waals surface area contributed by atoms with E-state index in [-0.39, 0.29) is 0 Å². The molecule has 2 unspecified atom stereocenters. The SMILES string of the molecule is CCCCCCCCCC(CCCCCCC)CC(C)(CCCCCCC)C(=O)O. The molecule has 0 rings (SSSR count). The van der Waals surface area contributed by atoms with Gasteiger partial charge < -0.3 is 5.11 Å². The van der Waals surface area contributed by atoms with Gasteiger partial charge in [0.1, 0.15) is 0 Å². The van der Waals surface area contributed by atoms with Crippen molar-refractivity contribution in [3.05, 3.63) is 0 Å². The molecule has 0 amide bonds. The Kier molecular flexibility index (Phi) is 20.0. The van der Waals surface area contributed by atoms with Gasteiger partial charge in [-0.25, -0.2) is 0 Å². The van der Waals surface area contributed by atoms with Gasteiger partial charge >= 0.3 is 5.97 Å². The molecule has 180 valence electrons. The number of rotatable bonds is 23. The van der Waals surface area contributed by atoms with Gasteiger partial charge in [0.2, 0.25) is 0 Å². The summed E-state index contributed by atoms with van der Waals surface area (Å²) < 4.78 is 0. The van der Waals surface area contributed by atoms with E-state index in [0.717, 1.165) is 19.3 Å². The van der Waals surface area contributed by atoms with Crippen molar-refractivity contribution in [2.75, 3.05) is 0 Å². The predicted octanol–water partition coefficient (Wildman–Crippen LogP) is 9.95. The fraction of sp³-hybridized carbons (Fsp3) is 0.964. The third-order valence-corrected chi connectivity index (χ3v) is 7.02. The quantitative estimate of drug-likeness (QED) is 0.166. The van der Waals surface area contributed by atoms with Crippen molar-refractivity contribution in [3.8, 4) is 0 Å². The van der Waals surface area contributed by atoms with Crippen molar-refractivity contribution in [1.29, 1.82) is 0 Å². The summed E-state index contributed by atoms with van der Waals surface area (Å²) in [5.74, 6) is 0.0348. The molecule has 0 heterocycles. The minimum Gasteiger partial charge on any atom is -0.481 e. The van der Waals surface area contributed by atoms with Crippen LogP contribution in [0.4, 0.5) is 0 Å². The zero-order valence-corrected chi connectivity index (χ0v) is 21.3. The van der Waals surface area contributed by atoms with Crippen LogP contribution >= 0.6 is 0 Å². The van der Waals surface area contributed by atoms with Gasteiger partial charge in [-0.15, -0.1) is 0 Å². The summed E-state index contributed by atoms with van der Waals surface area (Å²) in [6.07, 6.45) is 26.3. The van der Waals surface area contributed by atoms with E-state index in [1.807, 2.05) is 6.92 Å². The third kappa shape index (κ3) is 16.2. The normalized spacial score (nSPS) is 14.5. The van der Waals surface area contributed by atoms with Gasteiger partial charge in [0.25, 0.3) is 0 Å². The lowest BCUT2D eigenvalue weighted by atomic mass is 9.74. The zero-order chi connectivity index (χ0) is 22.5. The molecule has 0 spiro atoms. The lowest BCUT2D eigenvalue weighted by Crippen LogP contribution is -2.30. The summed E-state index contributed by atoms with van der Waals surface area (Å²) >= 11 is 0. The lowest BCUT2D eigenvalue weighted by Gasteiger charge is -2.30. The molecule has 0 aliphatic carbocycles. The van der Waals surface area contributed by atoms with Gasteiger partial charge in [-0.05, 0) is 25.7 Å². The molecule has 0 aliphatic heterocycles. The summed E-state index contributed by atoms with van der Waals surface area (Å²) in [5, 5.41) is 10.0. The second-order valence-corrected chi connectivity index (χ2v) is 10.2. The highest BCUT2D eigenvalue weighted by molar-refractivity contribution is 5.74. The molecule has 30 heavy (non-hydrogen) atoms. The van der Waals surface area contributed by atoms with Crippen LogP contribution in [-0.4, -0.2) is 11.1 Å². The maximum atomic E-state index is 12.2. The molecule has 0 aromatic carbocycles. The molecule has 0 saturated carbocycles. The number of hydrogen-bond acceptors (Lipinski definition) is 1. The fourth-order valence-corrected chi connectivity index (χ4v) is 4.83. The molecule has 0 aromatic rings. The van der Waals surface area contributed by atoms with Gasteiger partial charge in [0, 0.05) is 0 Å². The summed E-state index contributed by atoms with van der Waals surface area (Å²) in [7, 11) is 0. The highest BCUT2D eigenvalue weighted by Crippen LogP contribution is 2.37. The Hall–Kier alpha value is -0.530. The van der Waals surface area contributed by atoms with Gasteiger partial charge in [-0.3, -0.25) is 4.79 Å². The Bertz CT molecular complexity index is 379. The number of aliphatic carboxylic acids is 1. The highest BCUT2D eigenvalue weighted by Gasteiger charge is 2.34. The van der Waals surface area contributed by atoms with Crippen molar-refractivity contribution in [1.82, 2.24) is 0 Å². The molecule has 2 atom stereocenters. The first-order chi connectivity index (χ1) is 14.5. The first kappa shape index (κ1) is 29.5. The summed E-state index contributed by atoms with van der Waals surface area (Å²) in [4.78, 5) is 12.2. The summed E-state index contributed by atoms with van der Waals surface area (Å²) in [6.45, 7) is 8.80. The summed E-state index contributed by atoms with van der Waals surface area (Å²) in [5.41, 5.74) is -0.526. The third-order valence-electron chi connectivity index (χ3n) is 7.02. The second kappa shape index (κ2) is 20.4. The highest BCUT2D eigenvalue weighted by atomic mass is 16.4.